The third-order valence-corrected chi connectivity index (χ3v) is 4.21. The second-order valence-electron chi connectivity index (χ2n) is 5.48. The average molecular weight is 330 g/mol. The number of aromatic nitrogens is 2. The van der Waals surface area contributed by atoms with E-state index in [1.807, 2.05) is 13.1 Å². The molecule has 0 atom stereocenters. The van der Waals surface area contributed by atoms with Gasteiger partial charge in [0, 0.05) is 39.4 Å². The van der Waals surface area contributed by atoms with Crippen molar-refractivity contribution < 1.29 is 4.79 Å². The van der Waals surface area contributed by atoms with Gasteiger partial charge in [-0.25, -0.2) is 4.98 Å². The molecule has 1 amide bonds. The van der Waals surface area contributed by atoms with Crippen LogP contribution in [-0.2, 0) is 7.05 Å². The van der Waals surface area contributed by atoms with Crippen molar-refractivity contribution >= 4 is 23.2 Å². The third kappa shape index (κ3) is 3.15. The average Bonchev–Trinajstić information content (AvgIpc) is 3.00. The standard InChI is InChI=1S/C16H16ClN5O/c1-20-10-14(19-11-20)16(23)22-6-4-21(5-7-22)15-3-2-12(9-18)8-13(15)17/h2-3,8,10-11H,4-7H2,1H3. The fraction of sp³-hybridized carbons (Fsp3) is 0.312. The number of carbonyl (C=O) groups is 1. The predicted molar refractivity (Wildman–Crippen MR) is 87.5 cm³/mol. The molecule has 0 aliphatic carbocycles. The Bertz CT molecular complexity index is 771. The highest BCUT2D eigenvalue weighted by molar-refractivity contribution is 6.33. The molecule has 0 saturated carbocycles. The molecule has 0 radical (unpaired) electrons. The highest BCUT2D eigenvalue weighted by atomic mass is 35.5. The van der Waals surface area contributed by atoms with Crippen molar-refractivity contribution in [2.24, 2.45) is 7.05 Å². The first-order valence-corrected chi connectivity index (χ1v) is 7.68. The van der Waals surface area contributed by atoms with E-state index in [0.717, 1.165) is 5.69 Å². The Balaban J connectivity index is 1.67. The fourth-order valence-corrected chi connectivity index (χ4v) is 2.97. The van der Waals surface area contributed by atoms with Gasteiger partial charge in [-0.3, -0.25) is 4.79 Å². The molecule has 0 N–H and O–H groups in total. The molecule has 0 spiro atoms. The molecule has 1 aromatic heterocycles. The van der Waals surface area contributed by atoms with Gasteiger partial charge < -0.3 is 14.4 Å². The van der Waals surface area contributed by atoms with Crippen LogP contribution in [0.15, 0.2) is 30.7 Å². The number of rotatable bonds is 2. The summed E-state index contributed by atoms with van der Waals surface area (Å²) in [6.07, 6.45) is 3.35. The van der Waals surface area contributed by atoms with Crippen molar-refractivity contribution in [1.82, 2.24) is 14.5 Å². The van der Waals surface area contributed by atoms with Crippen molar-refractivity contribution in [3.05, 3.63) is 47.0 Å². The summed E-state index contributed by atoms with van der Waals surface area (Å²) in [5.74, 6) is -0.0452. The first-order valence-electron chi connectivity index (χ1n) is 7.30. The molecule has 1 aliphatic heterocycles. The van der Waals surface area contributed by atoms with Crippen LogP contribution in [-0.4, -0.2) is 46.5 Å². The highest BCUT2D eigenvalue weighted by Crippen LogP contribution is 2.27. The Labute approximate surface area is 139 Å². The van der Waals surface area contributed by atoms with E-state index < -0.39 is 0 Å². The van der Waals surface area contributed by atoms with Crippen LogP contribution < -0.4 is 4.90 Å². The summed E-state index contributed by atoms with van der Waals surface area (Å²) < 4.78 is 1.76. The Morgan fingerprint density at radius 1 is 1.30 bits per heavy atom. The van der Waals surface area contributed by atoms with Crippen LogP contribution in [0.2, 0.25) is 5.02 Å². The van der Waals surface area contributed by atoms with Crippen LogP contribution in [0.25, 0.3) is 0 Å². The second kappa shape index (κ2) is 6.31. The number of piperazine rings is 1. The largest absolute Gasteiger partial charge is 0.367 e. The van der Waals surface area contributed by atoms with Crippen LogP contribution in [0.5, 0.6) is 0 Å². The van der Waals surface area contributed by atoms with Gasteiger partial charge in [0.1, 0.15) is 5.69 Å². The van der Waals surface area contributed by atoms with Crippen LogP contribution in [0, 0.1) is 11.3 Å². The Morgan fingerprint density at radius 3 is 2.61 bits per heavy atom. The minimum absolute atomic E-state index is 0.0452. The number of anilines is 1. The lowest BCUT2D eigenvalue weighted by Gasteiger charge is -2.36. The summed E-state index contributed by atoms with van der Waals surface area (Å²) in [5, 5.41) is 9.46. The first-order chi connectivity index (χ1) is 11.1. The number of nitriles is 1. The van der Waals surface area contributed by atoms with Crippen LogP contribution in [0.1, 0.15) is 16.1 Å². The lowest BCUT2D eigenvalue weighted by molar-refractivity contribution is 0.0741. The monoisotopic (exact) mass is 329 g/mol. The van der Waals surface area contributed by atoms with E-state index >= 15 is 0 Å². The minimum Gasteiger partial charge on any atom is -0.367 e. The van der Waals surface area contributed by atoms with Crippen molar-refractivity contribution in [3.8, 4) is 6.07 Å². The topological polar surface area (TPSA) is 65.2 Å². The quantitative estimate of drug-likeness (QED) is 0.844. The number of halogens is 1. The molecule has 23 heavy (non-hydrogen) atoms. The maximum atomic E-state index is 12.4. The van der Waals surface area contributed by atoms with Gasteiger partial charge >= 0.3 is 0 Å². The third-order valence-electron chi connectivity index (χ3n) is 3.91. The molecule has 1 fully saturated rings. The molecule has 6 nitrogen and oxygen atoms in total. The number of carbonyl (C=O) groups excluding carboxylic acids is 1. The van der Waals surface area contributed by atoms with E-state index in [2.05, 4.69) is 16.0 Å². The summed E-state index contributed by atoms with van der Waals surface area (Å²) in [6, 6.07) is 7.36. The van der Waals surface area contributed by atoms with Gasteiger partial charge in [0.05, 0.1) is 28.7 Å². The zero-order valence-electron chi connectivity index (χ0n) is 12.7. The smallest absolute Gasteiger partial charge is 0.274 e. The molecule has 2 aromatic rings. The molecule has 1 saturated heterocycles. The maximum absolute atomic E-state index is 12.4. The number of benzene rings is 1. The van der Waals surface area contributed by atoms with E-state index in [-0.39, 0.29) is 5.91 Å². The van der Waals surface area contributed by atoms with E-state index in [1.54, 1.807) is 34.1 Å². The van der Waals surface area contributed by atoms with Gasteiger partial charge in [-0.1, -0.05) is 11.6 Å². The van der Waals surface area contributed by atoms with Gasteiger partial charge in [-0.05, 0) is 18.2 Å². The van der Waals surface area contributed by atoms with E-state index in [0.29, 0.717) is 42.5 Å². The number of nitrogens with zero attached hydrogens (tertiary/aromatic N) is 5. The summed E-state index contributed by atoms with van der Waals surface area (Å²) in [4.78, 5) is 20.4. The first kappa shape index (κ1) is 15.4. The van der Waals surface area contributed by atoms with Gasteiger partial charge in [0.15, 0.2) is 0 Å². The normalized spacial score (nSPS) is 14.7. The van der Waals surface area contributed by atoms with Crippen molar-refractivity contribution in [1.29, 1.82) is 5.26 Å². The van der Waals surface area contributed by atoms with Crippen molar-refractivity contribution in [3.63, 3.8) is 0 Å². The van der Waals surface area contributed by atoms with Gasteiger partial charge in [-0.15, -0.1) is 0 Å². The molecular formula is C16H16ClN5O. The lowest BCUT2D eigenvalue weighted by Crippen LogP contribution is -2.49. The molecule has 118 valence electrons. The van der Waals surface area contributed by atoms with Gasteiger partial charge in [-0.2, -0.15) is 5.26 Å². The van der Waals surface area contributed by atoms with Crippen LogP contribution in [0.3, 0.4) is 0 Å². The minimum atomic E-state index is -0.0452. The number of hydrogen-bond donors (Lipinski definition) is 0. The second-order valence-corrected chi connectivity index (χ2v) is 5.89. The van der Waals surface area contributed by atoms with Crippen molar-refractivity contribution in [2.75, 3.05) is 31.1 Å². The summed E-state index contributed by atoms with van der Waals surface area (Å²) in [6.45, 7) is 2.63. The number of amides is 1. The molecule has 1 aliphatic rings. The molecule has 1 aromatic carbocycles. The predicted octanol–water partition coefficient (Wildman–Crippen LogP) is 1.91. The number of imidazole rings is 1. The zero-order chi connectivity index (χ0) is 16.4. The molecule has 0 bridgehead atoms. The van der Waals surface area contributed by atoms with E-state index in [1.165, 1.54) is 0 Å². The van der Waals surface area contributed by atoms with Gasteiger partial charge in [0.2, 0.25) is 0 Å². The lowest BCUT2D eigenvalue weighted by atomic mass is 10.2. The van der Waals surface area contributed by atoms with E-state index in [9.17, 15) is 4.79 Å². The molecule has 2 heterocycles. The highest BCUT2D eigenvalue weighted by Gasteiger charge is 2.24. The Hall–Kier alpha value is -2.52. The summed E-state index contributed by atoms with van der Waals surface area (Å²) in [5.41, 5.74) is 1.91. The Morgan fingerprint density at radius 2 is 2.04 bits per heavy atom. The number of hydrogen-bond acceptors (Lipinski definition) is 4. The maximum Gasteiger partial charge on any atom is 0.274 e. The van der Waals surface area contributed by atoms with Crippen molar-refractivity contribution in [2.45, 2.75) is 0 Å². The summed E-state index contributed by atoms with van der Waals surface area (Å²) in [7, 11) is 1.84. The molecule has 3 rings (SSSR count). The van der Waals surface area contributed by atoms with Gasteiger partial charge in [0.25, 0.3) is 5.91 Å². The summed E-state index contributed by atoms with van der Waals surface area (Å²) >= 11 is 6.25. The van der Waals surface area contributed by atoms with Crippen LogP contribution in [0.4, 0.5) is 5.69 Å². The molecular weight excluding hydrogens is 314 g/mol. The molecule has 7 heteroatoms. The molecule has 0 unspecified atom stereocenters. The van der Waals surface area contributed by atoms with Crippen LogP contribution >= 0.6 is 11.6 Å². The zero-order valence-corrected chi connectivity index (χ0v) is 13.5. The SMILES string of the molecule is Cn1cnc(C(=O)N2CCN(c3ccc(C#N)cc3Cl)CC2)c1. The van der Waals surface area contributed by atoms with E-state index in [4.69, 9.17) is 16.9 Å². The Kier molecular flexibility index (Phi) is 4.22. The fourth-order valence-electron chi connectivity index (χ4n) is 2.67. The number of aryl methyl sites for hydroxylation is 1.